The maximum Gasteiger partial charge on any atom is 0.171 e. The van der Waals surface area contributed by atoms with Gasteiger partial charge in [0.2, 0.25) is 0 Å². The molecule has 0 amide bonds. The second kappa shape index (κ2) is 4.16. The van der Waals surface area contributed by atoms with Gasteiger partial charge in [0, 0.05) is 16.4 Å². The van der Waals surface area contributed by atoms with Crippen LogP contribution in [0.3, 0.4) is 0 Å². The van der Waals surface area contributed by atoms with Gasteiger partial charge in [0.15, 0.2) is 5.78 Å². The number of hydrogen-bond acceptors (Lipinski definition) is 4. The highest BCUT2D eigenvalue weighted by Crippen LogP contribution is 2.46. The molecule has 0 aliphatic carbocycles. The molecule has 3 rings (SSSR count). The third kappa shape index (κ3) is 1.92. The third-order valence-corrected chi connectivity index (χ3v) is 5.57. The lowest BCUT2D eigenvalue weighted by molar-refractivity contribution is 0.0905. The van der Waals surface area contributed by atoms with E-state index < -0.39 is 0 Å². The number of thioether (sulfide) groups is 1. The number of carbonyl (C=O) groups excluding carboxylic acids is 1. The fraction of sp³-hybridized carbons (Fsp3) is 0.692. The first-order valence-corrected chi connectivity index (χ1v) is 7.22. The Hall–Kier alpha value is -0.770. The molecule has 2 saturated heterocycles. The van der Waals surface area contributed by atoms with E-state index in [2.05, 4.69) is 16.9 Å². The van der Waals surface area contributed by atoms with Crippen LogP contribution in [0, 0.1) is 19.8 Å². The number of rotatable bonds is 2. The Morgan fingerprint density at radius 1 is 1.29 bits per heavy atom. The summed E-state index contributed by atoms with van der Waals surface area (Å²) in [5.41, 5.74) is 1.49. The molecule has 2 aliphatic heterocycles. The number of aryl methyl sites for hydroxylation is 2. The van der Waals surface area contributed by atoms with E-state index in [1.54, 1.807) is 0 Å². The minimum absolute atomic E-state index is 0.200. The number of aromatic nitrogens is 1. The Morgan fingerprint density at radius 2 is 1.94 bits per heavy atom. The van der Waals surface area contributed by atoms with Crippen molar-refractivity contribution in [2.75, 3.05) is 0 Å². The highest BCUT2D eigenvalue weighted by molar-refractivity contribution is 8.00. The molecule has 0 radical (unpaired) electrons. The van der Waals surface area contributed by atoms with Crippen LogP contribution in [0.4, 0.5) is 0 Å². The zero-order valence-corrected chi connectivity index (χ0v) is 11.0. The number of Topliss-reactive ketones (excluding diaryl/α,β-unsaturated/α-hetero) is 1. The largest absolute Gasteiger partial charge is 0.361 e. The molecule has 2 atom stereocenters. The summed E-state index contributed by atoms with van der Waals surface area (Å²) in [4.78, 5) is 12.5. The first kappa shape index (κ1) is 11.3. The molecule has 2 bridgehead atoms. The fourth-order valence-electron chi connectivity index (χ4n) is 3.11. The van der Waals surface area contributed by atoms with Gasteiger partial charge in [-0.1, -0.05) is 5.16 Å². The van der Waals surface area contributed by atoms with Crippen LogP contribution in [0.5, 0.6) is 0 Å². The molecule has 1 aromatic heterocycles. The Morgan fingerprint density at radius 3 is 2.47 bits per heavy atom. The van der Waals surface area contributed by atoms with Gasteiger partial charge in [-0.25, -0.2) is 0 Å². The number of nitrogens with zero attached hydrogens (tertiary/aromatic N) is 1. The highest BCUT2D eigenvalue weighted by atomic mass is 32.2. The van der Waals surface area contributed by atoms with Crippen LogP contribution < -0.4 is 0 Å². The summed E-state index contributed by atoms with van der Waals surface area (Å²) < 4.78 is 5.10. The summed E-state index contributed by atoms with van der Waals surface area (Å²) in [5.74, 6) is 1.14. The van der Waals surface area contributed by atoms with E-state index in [1.807, 2.05) is 13.8 Å². The van der Waals surface area contributed by atoms with E-state index in [0.29, 0.717) is 16.3 Å². The van der Waals surface area contributed by atoms with Gasteiger partial charge in [0.05, 0.1) is 11.3 Å². The van der Waals surface area contributed by atoms with Crippen LogP contribution in [0.15, 0.2) is 4.52 Å². The van der Waals surface area contributed by atoms with Gasteiger partial charge in [-0.15, -0.1) is 0 Å². The van der Waals surface area contributed by atoms with Crippen molar-refractivity contribution in [3.8, 4) is 0 Å². The number of carbonyl (C=O) groups is 1. The third-order valence-electron chi connectivity index (χ3n) is 3.94. The van der Waals surface area contributed by atoms with E-state index in [1.165, 1.54) is 12.8 Å². The molecule has 3 nitrogen and oxygen atoms in total. The fourth-order valence-corrected chi connectivity index (χ4v) is 4.89. The van der Waals surface area contributed by atoms with Crippen molar-refractivity contribution < 1.29 is 9.32 Å². The van der Waals surface area contributed by atoms with E-state index in [0.717, 1.165) is 24.1 Å². The molecular formula is C13H17NO2S. The SMILES string of the molecule is Cc1noc(C)c1C(=O)C1CC2CCC(C1)S2. The van der Waals surface area contributed by atoms with Gasteiger partial charge in [0.25, 0.3) is 0 Å². The zero-order valence-electron chi connectivity index (χ0n) is 10.2. The molecule has 4 heteroatoms. The van der Waals surface area contributed by atoms with Crippen molar-refractivity contribution in [2.45, 2.75) is 50.0 Å². The minimum Gasteiger partial charge on any atom is -0.361 e. The van der Waals surface area contributed by atoms with Gasteiger partial charge in [-0.3, -0.25) is 4.79 Å². The minimum atomic E-state index is 0.200. The molecule has 2 aliphatic rings. The lowest BCUT2D eigenvalue weighted by Gasteiger charge is -2.26. The first-order valence-electron chi connectivity index (χ1n) is 6.27. The van der Waals surface area contributed by atoms with Crippen molar-refractivity contribution in [3.05, 3.63) is 17.0 Å². The van der Waals surface area contributed by atoms with Gasteiger partial charge in [0.1, 0.15) is 5.76 Å². The average molecular weight is 251 g/mol. The standard InChI is InChI=1S/C13H17NO2S/c1-7-12(8(2)16-14-7)13(15)9-5-10-3-4-11(6-9)17-10/h9-11H,3-6H2,1-2H3. The van der Waals surface area contributed by atoms with Crippen LogP contribution in [0.2, 0.25) is 0 Å². The molecule has 1 aromatic rings. The number of hydrogen-bond donors (Lipinski definition) is 0. The van der Waals surface area contributed by atoms with Crippen molar-refractivity contribution in [2.24, 2.45) is 5.92 Å². The second-order valence-electron chi connectivity index (χ2n) is 5.19. The van der Waals surface area contributed by atoms with Crippen molar-refractivity contribution in [1.82, 2.24) is 5.16 Å². The summed E-state index contributed by atoms with van der Waals surface area (Å²) in [5, 5.41) is 5.31. The number of fused-ring (bicyclic) bond motifs is 2. The van der Waals surface area contributed by atoms with Gasteiger partial charge in [-0.05, 0) is 39.5 Å². The monoisotopic (exact) mass is 251 g/mol. The quantitative estimate of drug-likeness (QED) is 0.757. The van der Waals surface area contributed by atoms with E-state index >= 15 is 0 Å². The molecule has 17 heavy (non-hydrogen) atoms. The lowest BCUT2D eigenvalue weighted by atomic mass is 9.89. The molecule has 92 valence electrons. The Labute approximate surface area is 105 Å². The molecule has 0 aromatic carbocycles. The van der Waals surface area contributed by atoms with Crippen LogP contribution in [-0.2, 0) is 0 Å². The van der Waals surface area contributed by atoms with Gasteiger partial charge in [-0.2, -0.15) is 11.8 Å². The highest BCUT2D eigenvalue weighted by Gasteiger charge is 2.39. The maximum absolute atomic E-state index is 12.5. The lowest BCUT2D eigenvalue weighted by Crippen LogP contribution is -2.25. The topological polar surface area (TPSA) is 43.1 Å². The van der Waals surface area contributed by atoms with E-state index in [9.17, 15) is 4.79 Å². The normalized spacial score (nSPS) is 31.8. The van der Waals surface area contributed by atoms with E-state index in [-0.39, 0.29) is 11.7 Å². The Kier molecular flexibility index (Phi) is 2.77. The summed E-state index contributed by atoms with van der Waals surface area (Å²) in [6.07, 6.45) is 4.68. The Bertz CT molecular complexity index is 423. The summed E-state index contributed by atoms with van der Waals surface area (Å²) in [6.45, 7) is 3.69. The van der Waals surface area contributed by atoms with Gasteiger partial charge >= 0.3 is 0 Å². The van der Waals surface area contributed by atoms with Crippen molar-refractivity contribution in [1.29, 1.82) is 0 Å². The van der Waals surface area contributed by atoms with Crippen LogP contribution >= 0.6 is 11.8 Å². The predicted octanol–water partition coefficient (Wildman–Crippen LogP) is 3.15. The zero-order chi connectivity index (χ0) is 12.0. The summed E-state index contributed by atoms with van der Waals surface area (Å²) >= 11 is 2.09. The molecule has 3 heterocycles. The van der Waals surface area contributed by atoms with E-state index in [4.69, 9.17) is 4.52 Å². The average Bonchev–Trinajstić information content (AvgIpc) is 2.81. The molecule has 0 spiro atoms. The Balaban J connectivity index is 1.83. The van der Waals surface area contributed by atoms with Crippen molar-refractivity contribution in [3.63, 3.8) is 0 Å². The van der Waals surface area contributed by atoms with Crippen LogP contribution in [-0.4, -0.2) is 21.4 Å². The second-order valence-corrected chi connectivity index (χ2v) is 6.79. The first-order chi connectivity index (χ1) is 8.15. The summed E-state index contributed by atoms with van der Waals surface area (Å²) in [7, 11) is 0. The summed E-state index contributed by atoms with van der Waals surface area (Å²) in [6, 6.07) is 0. The number of ketones is 1. The van der Waals surface area contributed by atoms with Gasteiger partial charge < -0.3 is 4.52 Å². The van der Waals surface area contributed by atoms with Crippen molar-refractivity contribution >= 4 is 17.5 Å². The van der Waals surface area contributed by atoms with Crippen LogP contribution in [0.25, 0.3) is 0 Å². The molecular weight excluding hydrogens is 234 g/mol. The maximum atomic E-state index is 12.5. The predicted molar refractivity (Wildman–Crippen MR) is 67.4 cm³/mol. The molecule has 2 unspecified atom stereocenters. The van der Waals surface area contributed by atoms with Crippen LogP contribution in [0.1, 0.15) is 47.5 Å². The molecule has 0 N–H and O–H groups in total. The molecule has 0 saturated carbocycles. The smallest absolute Gasteiger partial charge is 0.171 e. The molecule has 2 fully saturated rings.